The largest absolute Gasteiger partial charge is 0.495 e. The van der Waals surface area contributed by atoms with E-state index in [1.54, 1.807) is 31.6 Å². The molecule has 3 rings (SSSR count). The predicted octanol–water partition coefficient (Wildman–Crippen LogP) is 2.03. The zero-order chi connectivity index (χ0) is 21.1. The van der Waals surface area contributed by atoms with Crippen molar-refractivity contribution in [3.05, 3.63) is 72.3 Å². The monoisotopic (exact) mass is 393 g/mol. The second-order valence-electron chi connectivity index (χ2n) is 6.21. The van der Waals surface area contributed by atoms with E-state index in [9.17, 15) is 14.4 Å². The van der Waals surface area contributed by atoms with Crippen molar-refractivity contribution < 1.29 is 23.9 Å². The Kier molecular flexibility index (Phi) is 5.45. The summed E-state index contributed by atoms with van der Waals surface area (Å²) in [6, 6.07) is 7.13. The van der Waals surface area contributed by atoms with Gasteiger partial charge in [-0.15, -0.1) is 0 Å². The first kappa shape index (κ1) is 19.8. The summed E-state index contributed by atoms with van der Waals surface area (Å²) in [5.74, 6) is -1.27. The molecule has 0 saturated carbocycles. The van der Waals surface area contributed by atoms with Crippen molar-refractivity contribution in [3.8, 4) is 16.9 Å². The highest BCUT2D eigenvalue weighted by molar-refractivity contribution is 6.07. The number of amides is 2. The molecule has 0 aliphatic carbocycles. The van der Waals surface area contributed by atoms with E-state index in [0.29, 0.717) is 11.3 Å². The summed E-state index contributed by atoms with van der Waals surface area (Å²) in [4.78, 5) is 42.1. The topological polar surface area (TPSA) is 97.8 Å². The van der Waals surface area contributed by atoms with Gasteiger partial charge >= 0.3 is 5.97 Å². The molecule has 8 heteroatoms. The second-order valence-corrected chi connectivity index (χ2v) is 6.21. The molecule has 2 heterocycles. The molecular weight excluding hydrogens is 374 g/mol. The van der Waals surface area contributed by atoms with E-state index in [1.165, 1.54) is 12.0 Å². The highest BCUT2D eigenvalue weighted by atomic mass is 16.5. The lowest BCUT2D eigenvalue weighted by Crippen LogP contribution is -2.36. The van der Waals surface area contributed by atoms with Gasteiger partial charge in [0.05, 0.1) is 27.0 Å². The molecule has 1 aromatic carbocycles. The highest BCUT2D eigenvalue weighted by Gasteiger charge is 2.33. The van der Waals surface area contributed by atoms with Crippen LogP contribution < -0.4 is 10.1 Å². The Bertz CT molecular complexity index is 1040. The summed E-state index contributed by atoms with van der Waals surface area (Å²) in [7, 11) is 2.72. The molecule has 0 bridgehead atoms. The number of pyridine rings is 1. The minimum absolute atomic E-state index is 0.106. The number of hydrogen-bond donors (Lipinski definition) is 1. The Morgan fingerprint density at radius 2 is 1.90 bits per heavy atom. The third kappa shape index (κ3) is 3.73. The van der Waals surface area contributed by atoms with E-state index >= 15 is 0 Å². The molecule has 1 aliphatic heterocycles. The maximum atomic E-state index is 12.9. The molecule has 29 heavy (non-hydrogen) atoms. The van der Waals surface area contributed by atoms with Crippen LogP contribution in [0, 0.1) is 0 Å². The van der Waals surface area contributed by atoms with Crippen LogP contribution in [-0.4, -0.2) is 41.9 Å². The molecule has 1 aliphatic rings. The Hall–Kier alpha value is -3.94. The molecule has 8 nitrogen and oxygen atoms in total. The Labute approximate surface area is 167 Å². The first-order valence-corrected chi connectivity index (χ1v) is 8.58. The number of methoxy groups -OCH3 is 2. The number of hydrogen-bond acceptors (Lipinski definition) is 6. The van der Waals surface area contributed by atoms with Gasteiger partial charge in [-0.05, 0) is 23.3 Å². The van der Waals surface area contributed by atoms with Gasteiger partial charge in [-0.2, -0.15) is 0 Å². The molecule has 2 aromatic rings. The van der Waals surface area contributed by atoms with Gasteiger partial charge in [-0.1, -0.05) is 25.3 Å². The molecule has 1 N–H and O–H groups in total. The molecule has 1 aromatic heterocycles. The number of nitrogens with zero attached hydrogens (tertiary/aromatic N) is 2. The fourth-order valence-corrected chi connectivity index (χ4v) is 3.01. The van der Waals surface area contributed by atoms with Crippen LogP contribution in [0.2, 0.25) is 0 Å². The van der Waals surface area contributed by atoms with Crippen molar-refractivity contribution in [2.45, 2.75) is 6.54 Å². The Morgan fingerprint density at radius 1 is 1.17 bits per heavy atom. The van der Waals surface area contributed by atoms with Gasteiger partial charge < -0.3 is 14.8 Å². The zero-order valence-electron chi connectivity index (χ0n) is 16.0. The van der Waals surface area contributed by atoms with Crippen LogP contribution in [0.1, 0.15) is 15.9 Å². The van der Waals surface area contributed by atoms with Crippen molar-refractivity contribution >= 4 is 17.8 Å². The molecule has 148 valence electrons. The van der Waals surface area contributed by atoms with E-state index in [-0.39, 0.29) is 23.8 Å². The summed E-state index contributed by atoms with van der Waals surface area (Å²) in [5.41, 5.74) is 2.44. The summed E-state index contributed by atoms with van der Waals surface area (Å²) in [5, 5.41) is 2.29. The van der Waals surface area contributed by atoms with Gasteiger partial charge in [0.25, 0.3) is 11.8 Å². The highest BCUT2D eigenvalue weighted by Crippen LogP contribution is 2.34. The summed E-state index contributed by atoms with van der Waals surface area (Å²) in [6.07, 6.45) is 3.26. The van der Waals surface area contributed by atoms with Gasteiger partial charge in [0.15, 0.2) is 0 Å². The van der Waals surface area contributed by atoms with Crippen LogP contribution in [0.15, 0.2) is 61.2 Å². The number of fused-ring (bicyclic) bond motifs is 1. The van der Waals surface area contributed by atoms with E-state index in [1.807, 2.05) is 12.1 Å². The lowest BCUT2D eigenvalue weighted by Gasteiger charge is -2.18. The molecular formula is C21H19N3O5. The molecule has 0 saturated heterocycles. The predicted molar refractivity (Wildman–Crippen MR) is 105 cm³/mol. The number of benzene rings is 1. The SMILES string of the molecule is C=C(NC(=O)C(=C)N1Cc2c(cccc2-c2cncc(OC)c2)C1=O)C(=O)OC. The van der Waals surface area contributed by atoms with Crippen molar-refractivity contribution in [1.29, 1.82) is 0 Å². The maximum absolute atomic E-state index is 12.9. The van der Waals surface area contributed by atoms with Gasteiger partial charge in [0.2, 0.25) is 0 Å². The minimum Gasteiger partial charge on any atom is -0.495 e. The lowest BCUT2D eigenvalue weighted by atomic mass is 9.98. The summed E-state index contributed by atoms with van der Waals surface area (Å²) < 4.78 is 9.71. The number of esters is 1. The van der Waals surface area contributed by atoms with Crippen molar-refractivity contribution in [3.63, 3.8) is 0 Å². The Balaban J connectivity index is 1.87. The minimum atomic E-state index is -0.782. The number of ether oxygens (including phenoxy) is 2. The average Bonchev–Trinajstić information content (AvgIpc) is 3.09. The van der Waals surface area contributed by atoms with E-state index in [4.69, 9.17) is 4.74 Å². The third-order valence-corrected chi connectivity index (χ3v) is 4.51. The van der Waals surface area contributed by atoms with Crippen LogP contribution in [-0.2, 0) is 20.9 Å². The first-order chi connectivity index (χ1) is 13.9. The van der Waals surface area contributed by atoms with Gasteiger partial charge in [0, 0.05) is 17.3 Å². The van der Waals surface area contributed by atoms with E-state index < -0.39 is 11.9 Å². The molecule has 2 amide bonds. The number of rotatable bonds is 6. The van der Waals surface area contributed by atoms with Crippen LogP contribution >= 0.6 is 0 Å². The molecule has 0 fully saturated rings. The van der Waals surface area contributed by atoms with Gasteiger partial charge in [0.1, 0.15) is 17.1 Å². The van der Waals surface area contributed by atoms with Crippen molar-refractivity contribution in [2.24, 2.45) is 0 Å². The Morgan fingerprint density at radius 3 is 2.59 bits per heavy atom. The van der Waals surface area contributed by atoms with Crippen molar-refractivity contribution in [1.82, 2.24) is 15.2 Å². The average molecular weight is 393 g/mol. The summed E-state index contributed by atoms with van der Waals surface area (Å²) >= 11 is 0. The van der Waals surface area contributed by atoms with Crippen LogP contribution in [0.5, 0.6) is 5.75 Å². The lowest BCUT2D eigenvalue weighted by molar-refractivity contribution is -0.137. The molecule has 0 atom stereocenters. The van der Waals surface area contributed by atoms with E-state index in [2.05, 4.69) is 28.2 Å². The van der Waals surface area contributed by atoms with Gasteiger partial charge in [-0.25, -0.2) is 4.79 Å². The smallest absolute Gasteiger partial charge is 0.353 e. The van der Waals surface area contributed by atoms with Crippen LogP contribution in [0.3, 0.4) is 0 Å². The standard InChI is InChI=1S/C21H19N3O5/c1-12(21(27)29-4)23-19(25)13(2)24-11-18-16(6-5-7-17(18)20(24)26)14-8-15(28-3)10-22-9-14/h5-10H,1-2,11H2,3-4H3,(H,23,25). The zero-order valence-corrected chi connectivity index (χ0v) is 16.0. The summed E-state index contributed by atoms with van der Waals surface area (Å²) in [6.45, 7) is 7.29. The normalized spacial score (nSPS) is 12.2. The molecule has 0 radical (unpaired) electrons. The second kappa shape index (κ2) is 7.97. The number of nitrogens with one attached hydrogen (secondary N) is 1. The maximum Gasteiger partial charge on any atom is 0.353 e. The fraction of sp³-hybridized carbons (Fsp3) is 0.143. The quantitative estimate of drug-likeness (QED) is 0.596. The fourth-order valence-electron chi connectivity index (χ4n) is 3.01. The molecule has 0 unspecified atom stereocenters. The van der Waals surface area contributed by atoms with Gasteiger partial charge in [-0.3, -0.25) is 19.5 Å². The van der Waals surface area contributed by atoms with Crippen molar-refractivity contribution in [2.75, 3.05) is 14.2 Å². The first-order valence-electron chi connectivity index (χ1n) is 8.58. The van der Waals surface area contributed by atoms with Crippen LogP contribution in [0.25, 0.3) is 11.1 Å². The third-order valence-electron chi connectivity index (χ3n) is 4.51. The van der Waals surface area contributed by atoms with Crippen LogP contribution in [0.4, 0.5) is 0 Å². The van der Waals surface area contributed by atoms with E-state index in [0.717, 1.165) is 16.7 Å². The number of carbonyl (C=O) groups excluding carboxylic acids is 3. The molecule has 0 spiro atoms. The number of aromatic nitrogens is 1. The number of carbonyl (C=O) groups is 3.